The maximum atomic E-state index is 12.9. The maximum Gasteiger partial charge on any atom is 0.322 e. The van der Waals surface area contributed by atoms with Gasteiger partial charge in [-0.05, 0) is 69.3 Å². The van der Waals surface area contributed by atoms with E-state index in [1.165, 1.54) is 12.8 Å². The minimum Gasteiger partial charge on any atom is -0.349 e. The average Bonchev–Trinajstić information content (AvgIpc) is 3.23. The van der Waals surface area contributed by atoms with Gasteiger partial charge in [0.05, 0.1) is 0 Å². The molecular formula is C21H30N4O2. The molecule has 2 aliphatic heterocycles. The SMILES string of the molecule is Cc1cc(C(=O)NC2CCCC2)ccc1NC(=O)N1C2CCNCC1CC2. The Hall–Kier alpha value is -2.08. The molecule has 2 heterocycles. The molecule has 2 bridgehead atoms. The zero-order chi connectivity index (χ0) is 18.8. The number of hydrogen-bond acceptors (Lipinski definition) is 3. The largest absolute Gasteiger partial charge is 0.349 e. The molecule has 1 aromatic rings. The second kappa shape index (κ2) is 7.89. The van der Waals surface area contributed by atoms with Crippen LogP contribution in [0.25, 0.3) is 0 Å². The second-order valence-electron chi connectivity index (χ2n) is 8.20. The third kappa shape index (κ3) is 3.95. The molecular weight excluding hydrogens is 340 g/mol. The van der Waals surface area contributed by atoms with Gasteiger partial charge in [0.1, 0.15) is 0 Å². The predicted molar refractivity (Wildman–Crippen MR) is 106 cm³/mol. The minimum absolute atomic E-state index is 0.0143. The van der Waals surface area contributed by atoms with E-state index < -0.39 is 0 Å². The van der Waals surface area contributed by atoms with E-state index >= 15 is 0 Å². The van der Waals surface area contributed by atoms with E-state index in [0.717, 1.165) is 56.4 Å². The lowest BCUT2D eigenvalue weighted by atomic mass is 10.1. The smallest absolute Gasteiger partial charge is 0.322 e. The second-order valence-corrected chi connectivity index (χ2v) is 8.20. The van der Waals surface area contributed by atoms with Crippen molar-refractivity contribution in [2.45, 2.75) is 70.0 Å². The highest BCUT2D eigenvalue weighted by Crippen LogP contribution is 2.29. The highest BCUT2D eigenvalue weighted by Gasteiger charge is 2.38. The van der Waals surface area contributed by atoms with Crippen molar-refractivity contribution in [1.82, 2.24) is 15.5 Å². The van der Waals surface area contributed by atoms with Gasteiger partial charge in [-0.15, -0.1) is 0 Å². The fourth-order valence-electron chi connectivity index (χ4n) is 4.78. The van der Waals surface area contributed by atoms with Crippen LogP contribution in [0.15, 0.2) is 18.2 Å². The van der Waals surface area contributed by atoms with Crippen LogP contribution in [0.2, 0.25) is 0 Å². The normalized spacial score (nSPS) is 25.3. The fraction of sp³-hybridized carbons (Fsp3) is 0.619. The monoisotopic (exact) mass is 370 g/mol. The number of rotatable bonds is 3. The Kier molecular flexibility index (Phi) is 5.34. The number of carbonyl (C=O) groups is 2. The maximum absolute atomic E-state index is 12.9. The molecule has 2 unspecified atom stereocenters. The number of nitrogens with zero attached hydrogens (tertiary/aromatic N) is 1. The lowest BCUT2D eigenvalue weighted by molar-refractivity contribution is 0.0938. The van der Waals surface area contributed by atoms with E-state index in [2.05, 4.69) is 16.0 Å². The summed E-state index contributed by atoms with van der Waals surface area (Å²) in [6.07, 6.45) is 7.73. The Morgan fingerprint density at radius 2 is 1.85 bits per heavy atom. The first-order valence-corrected chi connectivity index (χ1v) is 10.3. The lowest BCUT2D eigenvalue weighted by Crippen LogP contribution is -2.44. The summed E-state index contributed by atoms with van der Waals surface area (Å²) in [5.74, 6) is -0.0143. The molecule has 3 N–H and O–H groups in total. The molecule has 1 aromatic carbocycles. The fourth-order valence-corrected chi connectivity index (χ4v) is 4.78. The van der Waals surface area contributed by atoms with Crippen LogP contribution in [0.3, 0.4) is 0 Å². The summed E-state index contributed by atoms with van der Waals surface area (Å²) >= 11 is 0. The highest BCUT2D eigenvalue weighted by molar-refractivity contribution is 5.96. The highest BCUT2D eigenvalue weighted by atomic mass is 16.2. The summed E-state index contributed by atoms with van der Waals surface area (Å²) in [6.45, 7) is 3.80. The van der Waals surface area contributed by atoms with Crippen LogP contribution in [0.1, 0.15) is 60.9 Å². The number of urea groups is 1. The molecule has 2 atom stereocenters. The van der Waals surface area contributed by atoms with Crippen LogP contribution in [0, 0.1) is 6.92 Å². The van der Waals surface area contributed by atoms with E-state index in [1.807, 2.05) is 30.0 Å². The molecule has 1 aliphatic carbocycles. The van der Waals surface area contributed by atoms with Crippen LogP contribution in [-0.4, -0.2) is 48.1 Å². The van der Waals surface area contributed by atoms with Crippen LogP contribution >= 0.6 is 0 Å². The number of nitrogens with one attached hydrogen (secondary N) is 3. The summed E-state index contributed by atoms with van der Waals surface area (Å²) in [5, 5.41) is 9.62. The molecule has 2 saturated heterocycles. The van der Waals surface area contributed by atoms with Gasteiger partial charge in [0.2, 0.25) is 0 Å². The van der Waals surface area contributed by atoms with Crippen molar-refractivity contribution in [1.29, 1.82) is 0 Å². The first-order chi connectivity index (χ1) is 13.1. The summed E-state index contributed by atoms with van der Waals surface area (Å²) in [5.41, 5.74) is 2.37. The number of benzene rings is 1. The Bertz CT molecular complexity index is 700. The molecule has 0 spiro atoms. The van der Waals surface area contributed by atoms with Crippen LogP contribution in [0.5, 0.6) is 0 Å². The molecule has 3 aliphatic rings. The van der Waals surface area contributed by atoms with Crippen molar-refractivity contribution in [2.24, 2.45) is 0 Å². The van der Waals surface area contributed by atoms with Gasteiger partial charge in [0.15, 0.2) is 0 Å². The van der Waals surface area contributed by atoms with Gasteiger partial charge in [-0.2, -0.15) is 0 Å². The van der Waals surface area contributed by atoms with Crippen LogP contribution in [-0.2, 0) is 0 Å². The van der Waals surface area contributed by atoms with Crippen molar-refractivity contribution >= 4 is 17.6 Å². The van der Waals surface area contributed by atoms with Crippen molar-refractivity contribution in [2.75, 3.05) is 18.4 Å². The number of anilines is 1. The lowest BCUT2D eigenvalue weighted by Gasteiger charge is -2.28. The average molecular weight is 370 g/mol. The van der Waals surface area contributed by atoms with E-state index in [-0.39, 0.29) is 18.0 Å². The van der Waals surface area contributed by atoms with Gasteiger partial charge >= 0.3 is 6.03 Å². The molecule has 3 fully saturated rings. The zero-order valence-corrected chi connectivity index (χ0v) is 16.1. The van der Waals surface area contributed by atoms with Gasteiger partial charge in [-0.1, -0.05) is 12.8 Å². The van der Waals surface area contributed by atoms with Gasteiger partial charge in [-0.25, -0.2) is 4.79 Å². The molecule has 0 aromatic heterocycles. The summed E-state index contributed by atoms with van der Waals surface area (Å²) in [4.78, 5) is 27.4. The molecule has 0 radical (unpaired) electrons. The predicted octanol–water partition coefficient (Wildman–Crippen LogP) is 3.03. The zero-order valence-electron chi connectivity index (χ0n) is 16.1. The van der Waals surface area contributed by atoms with E-state index in [9.17, 15) is 9.59 Å². The summed E-state index contributed by atoms with van der Waals surface area (Å²) in [7, 11) is 0. The number of hydrogen-bond donors (Lipinski definition) is 3. The third-order valence-electron chi connectivity index (χ3n) is 6.31. The Morgan fingerprint density at radius 3 is 2.63 bits per heavy atom. The quantitative estimate of drug-likeness (QED) is 0.766. The van der Waals surface area contributed by atoms with E-state index in [1.54, 1.807) is 0 Å². The Labute approximate surface area is 161 Å². The molecule has 6 nitrogen and oxygen atoms in total. The Morgan fingerprint density at radius 1 is 1.07 bits per heavy atom. The van der Waals surface area contributed by atoms with Crippen LogP contribution < -0.4 is 16.0 Å². The number of carbonyl (C=O) groups excluding carboxylic acids is 2. The summed E-state index contributed by atoms with van der Waals surface area (Å²) < 4.78 is 0. The molecule has 27 heavy (non-hydrogen) atoms. The van der Waals surface area contributed by atoms with Gasteiger partial charge in [-0.3, -0.25) is 4.79 Å². The number of aryl methyl sites for hydroxylation is 1. The molecule has 6 heteroatoms. The third-order valence-corrected chi connectivity index (χ3v) is 6.31. The van der Waals surface area contributed by atoms with Crippen molar-refractivity contribution in [3.8, 4) is 0 Å². The molecule has 1 saturated carbocycles. The molecule has 3 amide bonds. The van der Waals surface area contributed by atoms with Crippen molar-refractivity contribution in [3.05, 3.63) is 29.3 Å². The molecule has 4 rings (SSSR count). The molecule has 146 valence electrons. The Balaban J connectivity index is 1.41. The van der Waals surface area contributed by atoms with Crippen molar-refractivity contribution in [3.63, 3.8) is 0 Å². The van der Waals surface area contributed by atoms with Gasteiger partial charge in [0, 0.05) is 35.9 Å². The number of fused-ring (bicyclic) bond motifs is 2. The van der Waals surface area contributed by atoms with Crippen molar-refractivity contribution < 1.29 is 9.59 Å². The number of amides is 3. The topological polar surface area (TPSA) is 73.5 Å². The van der Waals surface area contributed by atoms with E-state index in [4.69, 9.17) is 0 Å². The summed E-state index contributed by atoms with van der Waals surface area (Å²) in [6, 6.07) is 6.46. The van der Waals surface area contributed by atoms with E-state index in [0.29, 0.717) is 17.6 Å². The minimum atomic E-state index is -0.0162. The first-order valence-electron chi connectivity index (χ1n) is 10.3. The first kappa shape index (κ1) is 18.3. The standard InChI is InChI=1S/C21H30N4O2/c1-14-12-15(20(26)23-16-4-2-3-5-16)6-9-19(14)24-21(27)25-17-7-8-18(25)13-22-11-10-17/h6,9,12,16-18,22H,2-5,7-8,10-11,13H2,1H3,(H,23,26)(H,24,27). The van der Waals surface area contributed by atoms with Crippen LogP contribution in [0.4, 0.5) is 10.5 Å². The van der Waals surface area contributed by atoms with Gasteiger partial charge < -0.3 is 20.9 Å². The van der Waals surface area contributed by atoms with Gasteiger partial charge in [0.25, 0.3) is 5.91 Å².